The second-order valence-corrected chi connectivity index (χ2v) is 9.60. The van der Waals surface area contributed by atoms with E-state index >= 15 is 0 Å². The van der Waals surface area contributed by atoms with Gasteiger partial charge < -0.3 is 9.33 Å². The van der Waals surface area contributed by atoms with Gasteiger partial charge in [-0.3, -0.25) is 4.79 Å². The highest BCUT2D eigenvalue weighted by molar-refractivity contribution is 6.69. The molecule has 0 aromatic carbocycles. The van der Waals surface area contributed by atoms with Crippen LogP contribution in [0.4, 0.5) is 0 Å². The van der Waals surface area contributed by atoms with E-state index < -0.39 is 14.4 Å². The molecule has 1 unspecified atom stereocenters. The van der Waals surface area contributed by atoms with Gasteiger partial charge in [0.15, 0.2) is 8.32 Å². The van der Waals surface area contributed by atoms with Crippen LogP contribution in [0, 0.1) is 11.3 Å². The molecule has 16 heavy (non-hydrogen) atoms. The van der Waals surface area contributed by atoms with Gasteiger partial charge in [-0.25, -0.2) is 0 Å². The normalized spacial score (nSPS) is 18.2. The van der Waals surface area contributed by atoms with Crippen molar-refractivity contribution in [2.45, 2.75) is 45.0 Å². The van der Waals surface area contributed by atoms with E-state index in [1.807, 2.05) is 24.5 Å². The predicted molar refractivity (Wildman–Crippen MR) is 64.3 cm³/mol. The first-order valence-electron chi connectivity index (χ1n) is 5.77. The van der Waals surface area contributed by atoms with Crippen molar-refractivity contribution in [1.29, 1.82) is 5.26 Å². The number of carbonyl (C=O) groups is 1. The van der Waals surface area contributed by atoms with Crippen LogP contribution in [-0.2, 0) is 9.22 Å². The van der Waals surface area contributed by atoms with E-state index in [0.29, 0.717) is 0 Å². The van der Waals surface area contributed by atoms with Gasteiger partial charge >= 0.3 is 0 Å². The molecule has 5 heteroatoms. The maximum atomic E-state index is 11.8. The summed E-state index contributed by atoms with van der Waals surface area (Å²) in [7, 11) is -1.74. The van der Waals surface area contributed by atoms with Gasteiger partial charge in [0.05, 0.1) is 12.5 Å². The van der Waals surface area contributed by atoms with Crippen molar-refractivity contribution in [1.82, 2.24) is 4.90 Å². The molecule has 0 radical (unpaired) electrons. The molecule has 1 rings (SSSR count). The van der Waals surface area contributed by atoms with Crippen molar-refractivity contribution < 1.29 is 9.22 Å². The molecule has 1 amide bonds. The summed E-state index contributed by atoms with van der Waals surface area (Å²) in [5, 5.41) is 8.96. The lowest BCUT2D eigenvalue weighted by Crippen LogP contribution is -2.36. The van der Waals surface area contributed by atoms with Crippen molar-refractivity contribution in [2.75, 3.05) is 13.1 Å². The molecule has 0 aromatic heterocycles. The average Bonchev–Trinajstić information content (AvgIpc) is 2.67. The minimum atomic E-state index is -1.74. The third-order valence-electron chi connectivity index (χ3n) is 2.46. The molecule has 90 valence electrons. The third-order valence-corrected chi connectivity index (χ3v) is 3.45. The zero-order chi connectivity index (χ0) is 12.2. The molecule has 1 aliphatic rings. The summed E-state index contributed by atoms with van der Waals surface area (Å²) in [4.78, 5) is 13.6. The molecule has 1 aliphatic heterocycles. The summed E-state index contributed by atoms with van der Waals surface area (Å²) in [5.74, 6) is 0.0577. The number of hydrogen-bond acceptors (Lipinski definition) is 3. The number of nitrogens with zero attached hydrogens (tertiary/aromatic N) is 2. The summed E-state index contributed by atoms with van der Waals surface area (Å²) in [6, 6.07) is 2.08. The van der Waals surface area contributed by atoms with E-state index in [4.69, 9.17) is 9.69 Å². The molecule has 1 fully saturated rings. The largest absolute Gasteiger partial charge is 0.402 e. The van der Waals surface area contributed by atoms with Gasteiger partial charge in [-0.1, -0.05) is 0 Å². The molecule has 1 saturated heterocycles. The van der Waals surface area contributed by atoms with Gasteiger partial charge in [-0.2, -0.15) is 5.26 Å². The Morgan fingerprint density at radius 2 is 2.00 bits per heavy atom. The molecular formula is C11H20N2O2Si. The van der Waals surface area contributed by atoms with Crippen LogP contribution in [0.5, 0.6) is 0 Å². The standard InChI is InChI=1S/C11H20N2O2Si/c1-16(2,3)15-10(9-12)8-11(14)13-6-4-5-7-13/h10H,4-8H2,1-3H3. The average molecular weight is 240 g/mol. The van der Waals surface area contributed by atoms with Gasteiger partial charge in [0.1, 0.15) is 6.10 Å². The molecule has 0 aromatic rings. The van der Waals surface area contributed by atoms with Crippen LogP contribution in [0.15, 0.2) is 0 Å². The van der Waals surface area contributed by atoms with Crippen LogP contribution in [0.3, 0.4) is 0 Å². The van der Waals surface area contributed by atoms with Crippen LogP contribution >= 0.6 is 0 Å². The number of hydrogen-bond donors (Lipinski definition) is 0. The quantitative estimate of drug-likeness (QED) is 0.703. The summed E-state index contributed by atoms with van der Waals surface area (Å²) < 4.78 is 5.65. The van der Waals surface area contributed by atoms with Gasteiger partial charge in [0.25, 0.3) is 0 Å². The Bertz CT molecular complexity index is 287. The topological polar surface area (TPSA) is 53.3 Å². The zero-order valence-electron chi connectivity index (χ0n) is 10.3. The molecule has 4 nitrogen and oxygen atoms in total. The third kappa shape index (κ3) is 4.33. The van der Waals surface area contributed by atoms with Crippen molar-refractivity contribution >= 4 is 14.2 Å². The molecule has 0 aliphatic carbocycles. The van der Waals surface area contributed by atoms with Crippen LogP contribution in [-0.4, -0.2) is 38.3 Å². The Hall–Kier alpha value is -0.863. The first kappa shape index (κ1) is 13.2. The van der Waals surface area contributed by atoms with Crippen molar-refractivity contribution in [3.8, 4) is 6.07 Å². The van der Waals surface area contributed by atoms with Crippen LogP contribution < -0.4 is 0 Å². The molecule has 0 bridgehead atoms. The van der Waals surface area contributed by atoms with Gasteiger partial charge in [0, 0.05) is 13.1 Å². The number of amides is 1. The molecular weight excluding hydrogens is 220 g/mol. The minimum Gasteiger partial charge on any atom is -0.402 e. The fourth-order valence-corrected chi connectivity index (χ4v) is 2.78. The van der Waals surface area contributed by atoms with E-state index in [1.54, 1.807) is 0 Å². The maximum absolute atomic E-state index is 11.8. The monoisotopic (exact) mass is 240 g/mol. The second-order valence-electron chi connectivity index (χ2n) is 5.14. The van der Waals surface area contributed by atoms with Gasteiger partial charge in [-0.05, 0) is 32.5 Å². The first-order valence-corrected chi connectivity index (χ1v) is 9.18. The summed E-state index contributed by atoms with van der Waals surface area (Å²) in [6.45, 7) is 7.75. The van der Waals surface area contributed by atoms with E-state index in [-0.39, 0.29) is 12.3 Å². The van der Waals surface area contributed by atoms with Crippen LogP contribution in [0.1, 0.15) is 19.3 Å². The predicted octanol–water partition coefficient (Wildman–Crippen LogP) is 1.74. The van der Waals surface area contributed by atoms with Crippen molar-refractivity contribution in [2.24, 2.45) is 0 Å². The van der Waals surface area contributed by atoms with Crippen molar-refractivity contribution in [3.05, 3.63) is 0 Å². The number of nitriles is 1. The molecule has 1 heterocycles. The Balaban J connectivity index is 2.44. The lowest BCUT2D eigenvalue weighted by Gasteiger charge is -2.23. The lowest BCUT2D eigenvalue weighted by molar-refractivity contribution is -0.131. The van der Waals surface area contributed by atoms with Crippen molar-refractivity contribution in [3.63, 3.8) is 0 Å². The molecule has 1 atom stereocenters. The number of rotatable bonds is 4. The summed E-state index contributed by atoms with van der Waals surface area (Å²) in [5.41, 5.74) is 0. The number of carbonyl (C=O) groups excluding carboxylic acids is 1. The SMILES string of the molecule is C[Si](C)(C)OC(C#N)CC(=O)N1CCCC1. The molecule has 0 saturated carbocycles. The number of likely N-dealkylation sites (tertiary alicyclic amines) is 1. The smallest absolute Gasteiger partial charge is 0.226 e. The fourth-order valence-electron chi connectivity index (χ4n) is 1.79. The van der Waals surface area contributed by atoms with Crippen LogP contribution in [0.25, 0.3) is 0 Å². The zero-order valence-corrected chi connectivity index (χ0v) is 11.3. The lowest BCUT2D eigenvalue weighted by atomic mass is 10.2. The second kappa shape index (κ2) is 5.46. The van der Waals surface area contributed by atoms with E-state index in [2.05, 4.69) is 6.07 Å². The Morgan fingerprint density at radius 3 is 2.44 bits per heavy atom. The molecule has 0 N–H and O–H groups in total. The highest BCUT2D eigenvalue weighted by Crippen LogP contribution is 2.14. The fraction of sp³-hybridized carbons (Fsp3) is 0.818. The Labute approximate surface area is 98.3 Å². The first-order chi connectivity index (χ1) is 7.42. The van der Waals surface area contributed by atoms with E-state index in [1.165, 1.54) is 0 Å². The highest BCUT2D eigenvalue weighted by Gasteiger charge is 2.26. The van der Waals surface area contributed by atoms with Crippen LogP contribution in [0.2, 0.25) is 19.6 Å². The molecule has 0 spiro atoms. The summed E-state index contributed by atoms with van der Waals surface area (Å²) in [6.07, 6.45) is 1.80. The van der Waals surface area contributed by atoms with Gasteiger partial charge in [0.2, 0.25) is 5.91 Å². The Morgan fingerprint density at radius 1 is 1.44 bits per heavy atom. The Kier molecular flexibility index (Phi) is 4.51. The summed E-state index contributed by atoms with van der Waals surface area (Å²) >= 11 is 0. The van der Waals surface area contributed by atoms with E-state index in [0.717, 1.165) is 25.9 Å². The maximum Gasteiger partial charge on any atom is 0.226 e. The minimum absolute atomic E-state index is 0.0577. The van der Waals surface area contributed by atoms with Gasteiger partial charge in [-0.15, -0.1) is 0 Å². The highest BCUT2D eigenvalue weighted by atomic mass is 28.4. The van der Waals surface area contributed by atoms with E-state index in [9.17, 15) is 4.79 Å².